The second kappa shape index (κ2) is 8.37. The van der Waals surface area contributed by atoms with E-state index in [0.29, 0.717) is 19.4 Å². The first-order chi connectivity index (χ1) is 14.1. The van der Waals surface area contributed by atoms with Crippen LogP contribution in [-0.4, -0.2) is 52.5 Å². The van der Waals surface area contributed by atoms with Crippen molar-refractivity contribution in [2.24, 2.45) is 0 Å². The van der Waals surface area contributed by atoms with Crippen molar-refractivity contribution in [3.8, 4) is 0 Å². The Morgan fingerprint density at radius 3 is 2.63 bits per heavy atom. The van der Waals surface area contributed by atoms with Crippen LogP contribution in [0.2, 0.25) is 0 Å². The highest BCUT2D eigenvalue weighted by atomic mass is 19.4. The van der Waals surface area contributed by atoms with Crippen molar-refractivity contribution in [1.29, 1.82) is 0 Å². The predicted octanol–water partition coefficient (Wildman–Crippen LogP) is 3.29. The summed E-state index contributed by atoms with van der Waals surface area (Å²) in [6.07, 6.45) is -2.09. The normalized spacial score (nSPS) is 16.7. The maximum absolute atomic E-state index is 12.7. The average Bonchev–Trinajstić information content (AvgIpc) is 3.41. The van der Waals surface area contributed by atoms with Crippen LogP contribution in [-0.2, 0) is 16.1 Å². The molecule has 30 heavy (non-hydrogen) atoms. The maximum atomic E-state index is 12.7. The number of carbonyl (C=O) groups is 3. The minimum atomic E-state index is -4.42. The second-order valence-electron chi connectivity index (χ2n) is 7.15. The number of alkyl halides is 3. The van der Waals surface area contributed by atoms with Crippen molar-refractivity contribution in [2.45, 2.75) is 45.5 Å². The van der Waals surface area contributed by atoms with Gasteiger partial charge in [0.15, 0.2) is 12.4 Å². The summed E-state index contributed by atoms with van der Waals surface area (Å²) in [6, 6.07) is 3.56. The molecule has 0 unspecified atom stereocenters. The zero-order chi connectivity index (χ0) is 22.1. The van der Waals surface area contributed by atoms with Gasteiger partial charge in [-0.15, -0.1) is 0 Å². The molecule has 0 saturated carbocycles. The van der Waals surface area contributed by atoms with Gasteiger partial charge in [0.25, 0.3) is 5.91 Å². The van der Waals surface area contributed by atoms with Gasteiger partial charge in [0, 0.05) is 23.5 Å². The van der Waals surface area contributed by atoms with E-state index in [1.54, 1.807) is 6.07 Å². The smallest absolute Gasteiger partial charge is 0.406 e. The first-order valence-corrected chi connectivity index (χ1v) is 9.36. The minimum absolute atomic E-state index is 0.0690. The number of Topliss-reactive ketones (excluding diaryl/α,β-unsaturated/α-hetero) is 1. The number of hydrogen-bond acceptors (Lipinski definition) is 5. The summed E-state index contributed by atoms with van der Waals surface area (Å²) >= 11 is 0. The molecule has 0 bridgehead atoms. The first-order valence-electron chi connectivity index (χ1n) is 9.36. The standard InChI is InChI=1S/C20H21F3N2O5/c1-12-9-14(13(2)25(12)11-20(21,22)23)16(26)10-30-19(28)15-5-3-7-24(15)18(27)17-6-4-8-29-17/h4,6,8-9,15H,3,5,7,10-11H2,1-2H3/t15-/m0/s1. The molecule has 1 aliphatic heterocycles. The lowest BCUT2D eigenvalue weighted by Crippen LogP contribution is -2.41. The van der Waals surface area contributed by atoms with Crippen molar-refractivity contribution in [3.05, 3.63) is 47.2 Å². The highest BCUT2D eigenvalue weighted by Gasteiger charge is 2.37. The van der Waals surface area contributed by atoms with Gasteiger partial charge in [0.2, 0.25) is 5.78 Å². The maximum Gasteiger partial charge on any atom is 0.406 e. The van der Waals surface area contributed by atoms with E-state index in [1.165, 1.54) is 37.1 Å². The Morgan fingerprint density at radius 2 is 2.00 bits per heavy atom. The molecule has 0 spiro atoms. The number of aromatic nitrogens is 1. The average molecular weight is 426 g/mol. The molecule has 1 amide bonds. The Kier molecular flexibility index (Phi) is 6.04. The number of rotatable bonds is 6. The van der Waals surface area contributed by atoms with Crippen LogP contribution in [0.4, 0.5) is 13.2 Å². The van der Waals surface area contributed by atoms with E-state index >= 15 is 0 Å². The van der Waals surface area contributed by atoms with E-state index in [9.17, 15) is 27.6 Å². The number of hydrogen-bond donors (Lipinski definition) is 0. The van der Waals surface area contributed by atoms with E-state index in [2.05, 4.69) is 0 Å². The lowest BCUT2D eigenvalue weighted by atomic mass is 10.1. The number of aryl methyl sites for hydroxylation is 1. The van der Waals surface area contributed by atoms with E-state index in [1.807, 2.05) is 0 Å². The number of amides is 1. The van der Waals surface area contributed by atoms with Crippen molar-refractivity contribution in [2.75, 3.05) is 13.2 Å². The number of ether oxygens (including phenoxy) is 1. The molecule has 3 heterocycles. The summed E-state index contributed by atoms with van der Waals surface area (Å²) < 4.78 is 49.4. The SMILES string of the molecule is Cc1cc(C(=O)COC(=O)[C@@H]2CCCN2C(=O)c2ccco2)c(C)n1CC(F)(F)F. The van der Waals surface area contributed by atoms with Gasteiger partial charge in [-0.1, -0.05) is 0 Å². The lowest BCUT2D eigenvalue weighted by molar-refractivity contribution is -0.147. The Bertz CT molecular complexity index is 947. The highest BCUT2D eigenvalue weighted by Crippen LogP contribution is 2.24. The topological polar surface area (TPSA) is 81.8 Å². The van der Waals surface area contributed by atoms with E-state index in [0.717, 1.165) is 4.57 Å². The lowest BCUT2D eigenvalue weighted by Gasteiger charge is -2.22. The number of furan rings is 1. The molecule has 0 radical (unpaired) electrons. The number of halogens is 3. The van der Waals surface area contributed by atoms with Gasteiger partial charge in [-0.25, -0.2) is 4.79 Å². The van der Waals surface area contributed by atoms with Crippen LogP contribution in [0.25, 0.3) is 0 Å². The largest absolute Gasteiger partial charge is 0.459 e. The van der Waals surface area contributed by atoms with Crippen LogP contribution in [0.15, 0.2) is 28.9 Å². The molecule has 1 saturated heterocycles. The molecule has 1 atom stereocenters. The highest BCUT2D eigenvalue weighted by molar-refractivity contribution is 6.00. The Labute approximate surface area is 170 Å². The third-order valence-corrected chi connectivity index (χ3v) is 5.07. The summed E-state index contributed by atoms with van der Waals surface area (Å²) in [5.74, 6) is -1.68. The van der Waals surface area contributed by atoms with E-state index in [-0.39, 0.29) is 22.7 Å². The van der Waals surface area contributed by atoms with Crippen LogP contribution in [0.1, 0.15) is 45.1 Å². The molecule has 7 nitrogen and oxygen atoms in total. The summed E-state index contributed by atoms with van der Waals surface area (Å²) in [5.41, 5.74) is 0.506. The van der Waals surface area contributed by atoms with Gasteiger partial charge in [0.1, 0.15) is 12.6 Å². The van der Waals surface area contributed by atoms with Gasteiger partial charge < -0.3 is 18.6 Å². The molecule has 1 fully saturated rings. The quantitative estimate of drug-likeness (QED) is 0.523. The molecule has 0 aliphatic carbocycles. The third kappa shape index (κ3) is 4.58. The Morgan fingerprint density at radius 1 is 1.27 bits per heavy atom. The van der Waals surface area contributed by atoms with Crippen molar-refractivity contribution < 1.29 is 36.7 Å². The fraction of sp³-hybridized carbons (Fsp3) is 0.450. The van der Waals surface area contributed by atoms with Crippen LogP contribution in [0, 0.1) is 13.8 Å². The molecule has 0 aromatic carbocycles. The zero-order valence-electron chi connectivity index (χ0n) is 16.5. The molecule has 2 aromatic rings. The van der Waals surface area contributed by atoms with Crippen molar-refractivity contribution >= 4 is 17.7 Å². The molecular formula is C20H21F3N2O5. The monoisotopic (exact) mass is 426 g/mol. The molecule has 2 aromatic heterocycles. The van der Waals surface area contributed by atoms with Gasteiger partial charge in [-0.05, 0) is 44.9 Å². The fourth-order valence-electron chi connectivity index (χ4n) is 3.61. The molecular weight excluding hydrogens is 405 g/mol. The minimum Gasteiger partial charge on any atom is -0.459 e. The number of ketones is 1. The van der Waals surface area contributed by atoms with Crippen molar-refractivity contribution in [1.82, 2.24) is 9.47 Å². The Balaban J connectivity index is 1.64. The molecule has 3 rings (SSSR count). The first kappa shape index (κ1) is 21.7. The zero-order valence-corrected chi connectivity index (χ0v) is 16.5. The molecule has 0 N–H and O–H groups in total. The third-order valence-electron chi connectivity index (χ3n) is 5.07. The summed E-state index contributed by atoms with van der Waals surface area (Å²) in [5, 5.41) is 0. The van der Waals surface area contributed by atoms with E-state index in [4.69, 9.17) is 9.15 Å². The van der Waals surface area contributed by atoms with Crippen LogP contribution in [0.3, 0.4) is 0 Å². The number of esters is 1. The second-order valence-corrected chi connectivity index (χ2v) is 7.15. The molecule has 162 valence electrons. The van der Waals surface area contributed by atoms with Crippen LogP contribution >= 0.6 is 0 Å². The van der Waals surface area contributed by atoms with Gasteiger partial charge >= 0.3 is 12.1 Å². The summed E-state index contributed by atoms with van der Waals surface area (Å²) in [4.78, 5) is 38.7. The van der Waals surface area contributed by atoms with Gasteiger partial charge in [-0.3, -0.25) is 9.59 Å². The summed E-state index contributed by atoms with van der Waals surface area (Å²) in [7, 11) is 0. The fourth-order valence-corrected chi connectivity index (χ4v) is 3.61. The van der Waals surface area contributed by atoms with Crippen LogP contribution < -0.4 is 0 Å². The van der Waals surface area contributed by atoms with Crippen LogP contribution in [0.5, 0.6) is 0 Å². The number of nitrogens with zero attached hydrogens (tertiary/aromatic N) is 2. The number of likely N-dealkylation sites (tertiary alicyclic amines) is 1. The summed E-state index contributed by atoms with van der Waals surface area (Å²) in [6.45, 7) is 1.41. The molecule has 1 aliphatic rings. The molecule has 10 heteroatoms. The van der Waals surface area contributed by atoms with Crippen molar-refractivity contribution in [3.63, 3.8) is 0 Å². The van der Waals surface area contributed by atoms with E-state index < -0.39 is 43.0 Å². The van der Waals surface area contributed by atoms with Gasteiger partial charge in [0.05, 0.1) is 6.26 Å². The number of carbonyl (C=O) groups excluding carboxylic acids is 3. The Hall–Kier alpha value is -3.04. The van der Waals surface area contributed by atoms with Gasteiger partial charge in [-0.2, -0.15) is 13.2 Å². The predicted molar refractivity (Wildman–Crippen MR) is 98.0 cm³/mol.